The summed E-state index contributed by atoms with van der Waals surface area (Å²) in [5.41, 5.74) is 2.44. The summed E-state index contributed by atoms with van der Waals surface area (Å²) >= 11 is 6.25. The molecule has 0 bridgehead atoms. The fourth-order valence-electron chi connectivity index (χ4n) is 4.30. The Labute approximate surface area is 163 Å². The molecule has 0 radical (unpaired) electrons. The monoisotopic (exact) mass is 386 g/mol. The van der Waals surface area contributed by atoms with Crippen LogP contribution in [-0.2, 0) is 11.3 Å². The summed E-state index contributed by atoms with van der Waals surface area (Å²) in [5.74, 6) is 0.388. The minimum atomic E-state index is -0.490. The molecule has 2 aliphatic heterocycles. The minimum Gasteiger partial charge on any atom is -0.462 e. The SMILES string of the molecule is O=c1cc(-c2ccc3c(c2)COC2(CCN(C4CCC4)CC2)O3)c(Cl)c[nH]1. The van der Waals surface area contributed by atoms with Gasteiger partial charge in [0.15, 0.2) is 0 Å². The maximum Gasteiger partial charge on any atom is 0.248 e. The van der Waals surface area contributed by atoms with Crippen molar-refractivity contribution in [3.63, 3.8) is 0 Å². The van der Waals surface area contributed by atoms with E-state index in [1.807, 2.05) is 18.2 Å². The van der Waals surface area contributed by atoms with Crippen LogP contribution in [0.1, 0.15) is 37.7 Å². The molecular formula is C21H23ClN2O3. The van der Waals surface area contributed by atoms with Gasteiger partial charge in [-0.05, 0) is 30.5 Å². The average molecular weight is 387 g/mol. The Morgan fingerprint density at radius 3 is 2.74 bits per heavy atom. The first-order valence-corrected chi connectivity index (χ1v) is 10.1. The minimum absolute atomic E-state index is 0.170. The molecule has 1 aliphatic carbocycles. The standard InChI is InChI=1S/C21H23ClN2O3/c22-18-12-23-20(25)11-17(18)14-4-5-19-15(10-14)13-26-21(27-19)6-8-24(9-7-21)16-2-1-3-16/h4-5,10-12,16H,1-3,6-9,13H2,(H,23,25). The predicted molar refractivity (Wildman–Crippen MR) is 104 cm³/mol. The van der Waals surface area contributed by atoms with Gasteiger partial charge in [0.05, 0.1) is 11.6 Å². The molecule has 1 aromatic heterocycles. The summed E-state index contributed by atoms with van der Waals surface area (Å²) in [5, 5.41) is 0.520. The Bertz CT molecular complexity index is 914. The number of rotatable bonds is 2. The Morgan fingerprint density at radius 2 is 2.00 bits per heavy atom. The molecule has 5 rings (SSSR count). The van der Waals surface area contributed by atoms with Crippen LogP contribution in [0.25, 0.3) is 11.1 Å². The smallest absolute Gasteiger partial charge is 0.248 e. The molecule has 3 aliphatic rings. The summed E-state index contributed by atoms with van der Waals surface area (Å²) < 4.78 is 12.5. The second-order valence-corrected chi connectivity index (χ2v) is 8.21. The molecule has 6 heteroatoms. The first-order valence-electron chi connectivity index (χ1n) is 9.70. The van der Waals surface area contributed by atoms with E-state index in [4.69, 9.17) is 21.1 Å². The van der Waals surface area contributed by atoms with Crippen LogP contribution in [0, 0.1) is 0 Å². The number of pyridine rings is 1. The van der Waals surface area contributed by atoms with Crippen LogP contribution in [-0.4, -0.2) is 34.8 Å². The number of nitrogens with zero attached hydrogens (tertiary/aromatic N) is 1. The second-order valence-electron chi connectivity index (χ2n) is 7.80. The third-order valence-corrected chi connectivity index (χ3v) is 6.50. The number of hydrogen-bond acceptors (Lipinski definition) is 4. The van der Waals surface area contributed by atoms with Crippen LogP contribution in [0.5, 0.6) is 5.75 Å². The number of aromatic amines is 1. The van der Waals surface area contributed by atoms with Crippen LogP contribution in [0.3, 0.4) is 0 Å². The highest BCUT2D eigenvalue weighted by Crippen LogP contribution is 2.40. The zero-order chi connectivity index (χ0) is 18.4. The van der Waals surface area contributed by atoms with Gasteiger partial charge in [0, 0.05) is 55.4 Å². The number of aromatic nitrogens is 1. The summed E-state index contributed by atoms with van der Waals surface area (Å²) in [6, 6.07) is 8.24. The average Bonchev–Trinajstić information content (AvgIpc) is 2.64. The summed E-state index contributed by atoms with van der Waals surface area (Å²) in [7, 11) is 0. The fourth-order valence-corrected chi connectivity index (χ4v) is 4.52. The van der Waals surface area contributed by atoms with E-state index in [9.17, 15) is 4.79 Å². The number of benzene rings is 1. The van der Waals surface area contributed by atoms with Crippen molar-refractivity contribution in [1.82, 2.24) is 9.88 Å². The highest BCUT2D eigenvalue weighted by Gasteiger charge is 2.42. The van der Waals surface area contributed by atoms with Gasteiger partial charge in [0.2, 0.25) is 11.3 Å². The van der Waals surface area contributed by atoms with E-state index in [2.05, 4.69) is 9.88 Å². The molecule has 27 heavy (non-hydrogen) atoms. The van der Waals surface area contributed by atoms with E-state index in [-0.39, 0.29) is 5.56 Å². The quantitative estimate of drug-likeness (QED) is 0.849. The van der Waals surface area contributed by atoms with Crippen molar-refractivity contribution in [3.05, 3.63) is 51.4 Å². The van der Waals surface area contributed by atoms with E-state index in [0.717, 1.165) is 54.4 Å². The van der Waals surface area contributed by atoms with Crippen molar-refractivity contribution >= 4 is 11.6 Å². The first-order chi connectivity index (χ1) is 13.1. The Morgan fingerprint density at radius 1 is 1.19 bits per heavy atom. The van der Waals surface area contributed by atoms with Gasteiger partial charge in [-0.15, -0.1) is 0 Å². The van der Waals surface area contributed by atoms with Crippen LogP contribution >= 0.6 is 11.6 Å². The normalized spacial score (nSPS) is 22.1. The molecule has 0 amide bonds. The van der Waals surface area contributed by atoms with Crippen LogP contribution in [0.15, 0.2) is 35.3 Å². The largest absolute Gasteiger partial charge is 0.462 e. The van der Waals surface area contributed by atoms with Gasteiger partial charge in [-0.2, -0.15) is 0 Å². The number of fused-ring (bicyclic) bond motifs is 1. The molecule has 5 nitrogen and oxygen atoms in total. The molecule has 2 aromatic rings. The lowest BCUT2D eigenvalue weighted by atomic mass is 9.89. The number of halogens is 1. The van der Waals surface area contributed by atoms with Crippen molar-refractivity contribution in [3.8, 4) is 16.9 Å². The maximum absolute atomic E-state index is 11.6. The second kappa shape index (κ2) is 6.66. The molecule has 1 saturated carbocycles. The van der Waals surface area contributed by atoms with Gasteiger partial charge in [0.25, 0.3) is 0 Å². The Kier molecular flexibility index (Phi) is 4.26. The van der Waals surface area contributed by atoms with E-state index >= 15 is 0 Å². The topological polar surface area (TPSA) is 54.6 Å². The third kappa shape index (κ3) is 3.18. The molecule has 0 unspecified atom stereocenters. The maximum atomic E-state index is 11.6. The molecule has 2 fully saturated rings. The number of ether oxygens (including phenoxy) is 2. The highest BCUT2D eigenvalue weighted by atomic mass is 35.5. The molecule has 1 N–H and O–H groups in total. The first kappa shape index (κ1) is 17.3. The number of hydrogen-bond donors (Lipinski definition) is 1. The summed E-state index contributed by atoms with van der Waals surface area (Å²) in [6.07, 6.45) is 7.38. The Balaban J connectivity index is 1.35. The van der Waals surface area contributed by atoms with E-state index in [1.54, 1.807) is 0 Å². The van der Waals surface area contributed by atoms with Gasteiger partial charge in [0.1, 0.15) is 5.75 Å². The number of nitrogens with one attached hydrogen (secondary N) is 1. The molecule has 1 spiro atoms. The lowest BCUT2D eigenvalue weighted by molar-refractivity contribution is -0.231. The van der Waals surface area contributed by atoms with Crippen molar-refractivity contribution in [2.45, 2.75) is 50.5 Å². The van der Waals surface area contributed by atoms with Crippen molar-refractivity contribution < 1.29 is 9.47 Å². The van der Waals surface area contributed by atoms with Gasteiger partial charge in [-0.25, -0.2) is 0 Å². The lowest BCUT2D eigenvalue weighted by Gasteiger charge is -2.47. The highest BCUT2D eigenvalue weighted by molar-refractivity contribution is 6.33. The molecule has 1 saturated heterocycles. The van der Waals surface area contributed by atoms with E-state index in [0.29, 0.717) is 11.6 Å². The number of likely N-dealkylation sites (tertiary alicyclic amines) is 1. The van der Waals surface area contributed by atoms with Crippen LogP contribution in [0.2, 0.25) is 5.02 Å². The lowest BCUT2D eigenvalue weighted by Crippen LogP contribution is -2.54. The van der Waals surface area contributed by atoms with E-state index in [1.165, 1.54) is 31.5 Å². The molecule has 142 valence electrons. The fraction of sp³-hybridized carbons (Fsp3) is 0.476. The number of piperidine rings is 1. The number of H-pyrrole nitrogens is 1. The summed E-state index contributed by atoms with van der Waals surface area (Å²) in [6.45, 7) is 2.61. The van der Waals surface area contributed by atoms with Gasteiger partial charge < -0.3 is 14.5 Å². The Hall–Kier alpha value is -1.82. The molecule has 1 aromatic carbocycles. The third-order valence-electron chi connectivity index (χ3n) is 6.18. The van der Waals surface area contributed by atoms with Gasteiger partial charge in [-0.3, -0.25) is 9.69 Å². The molecule has 3 heterocycles. The van der Waals surface area contributed by atoms with Crippen molar-refractivity contribution in [2.75, 3.05) is 13.1 Å². The molecular weight excluding hydrogens is 364 g/mol. The van der Waals surface area contributed by atoms with Crippen molar-refractivity contribution in [1.29, 1.82) is 0 Å². The summed E-state index contributed by atoms with van der Waals surface area (Å²) in [4.78, 5) is 16.8. The van der Waals surface area contributed by atoms with Gasteiger partial charge >= 0.3 is 0 Å². The predicted octanol–water partition coefficient (Wildman–Crippen LogP) is 3.95. The van der Waals surface area contributed by atoms with Crippen LogP contribution < -0.4 is 10.3 Å². The molecule has 0 atom stereocenters. The zero-order valence-electron chi connectivity index (χ0n) is 15.2. The van der Waals surface area contributed by atoms with Gasteiger partial charge in [-0.1, -0.05) is 24.1 Å². The van der Waals surface area contributed by atoms with E-state index < -0.39 is 5.79 Å². The van der Waals surface area contributed by atoms with Crippen molar-refractivity contribution in [2.24, 2.45) is 0 Å². The zero-order valence-corrected chi connectivity index (χ0v) is 15.9. The van der Waals surface area contributed by atoms with Crippen LogP contribution in [0.4, 0.5) is 0 Å².